The Labute approximate surface area is 120 Å². The molecule has 6 heteroatoms. The number of hydrogen-bond donors (Lipinski definition) is 1. The van der Waals surface area contributed by atoms with E-state index in [4.69, 9.17) is 4.74 Å². The van der Waals surface area contributed by atoms with E-state index in [-0.39, 0.29) is 29.5 Å². The van der Waals surface area contributed by atoms with Gasteiger partial charge in [-0.1, -0.05) is 13.8 Å². The zero-order chi connectivity index (χ0) is 15.4. The van der Waals surface area contributed by atoms with Crippen molar-refractivity contribution in [2.24, 2.45) is 11.3 Å². The van der Waals surface area contributed by atoms with Gasteiger partial charge in [-0.2, -0.15) is 0 Å². The highest BCUT2D eigenvalue weighted by Gasteiger charge is 2.58. The van der Waals surface area contributed by atoms with Crippen LogP contribution >= 0.6 is 0 Å². The summed E-state index contributed by atoms with van der Waals surface area (Å²) in [4.78, 5) is 0. The number of benzene rings is 1. The van der Waals surface area contributed by atoms with Crippen molar-refractivity contribution in [3.63, 3.8) is 0 Å². The first-order valence-electron chi connectivity index (χ1n) is 7.05. The summed E-state index contributed by atoms with van der Waals surface area (Å²) in [6.45, 7) is 4.51. The molecule has 1 aromatic rings. The third-order valence-electron chi connectivity index (χ3n) is 4.74. The fourth-order valence-corrected chi connectivity index (χ4v) is 3.67. The Morgan fingerprint density at radius 2 is 1.76 bits per heavy atom. The predicted molar refractivity (Wildman–Crippen MR) is 69.9 cm³/mol. The molecule has 1 N–H and O–H groups in total. The van der Waals surface area contributed by atoms with E-state index in [9.17, 15) is 17.6 Å². The van der Waals surface area contributed by atoms with Crippen LogP contribution in [0.5, 0.6) is 0 Å². The van der Waals surface area contributed by atoms with Crippen LogP contribution in [0.4, 0.5) is 23.2 Å². The number of anilines is 1. The molecule has 1 saturated carbocycles. The van der Waals surface area contributed by atoms with Crippen LogP contribution in [-0.4, -0.2) is 18.8 Å². The lowest BCUT2D eigenvalue weighted by atomic mass is 9.55. The maximum Gasteiger partial charge on any atom is 0.185 e. The molecular weight excluding hydrogens is 286 g/mol. The van der Waals surface area contributed by atoms with Crippen LogP contribution in [0.1, 0.15) is 26.7 Å². The van der Waals surface area contributed by atoms with Crippen molar-refractivity contribution in [1.29, 1.82) is 0 Å². The first-order valence-corrected chi connectivity index (χ1v) is 7.05. The first kappa shape index (κ1) is 14.6. The van der Waals surface area contributed by atoms with Crippen molar-refractivity contribution in [2.75, 3.05) is 11.9 Å². The molecule has 0 bridgehead atoms. The summed E-state index contributed by atoms with van der Waals surface area (Å²) in [5.41, 5.74) is -1.08. The molecule has 3 rings (SSSR count). The molecule has 1 aromatic carbocycles. The number of nitrogens with one attached hydrogen (secondary N) is 1. The van der Waals surface area contributed by atoms with E-state index in [0.29, 0.717) is 6.61 Å². The summed E-state index contributed by atoms with van der Waals surface area (Å²) in [7, 11) is 0. The molecule has 1 aliphatic heterocycles. The average Bonchev–Trinajstić information content (AvgIpc) is 2.45. The predicted octanol–water partition coefficient (Wildman–Crippen LogP) is 3.86. The summed E-state index contributed by atoms with van der Waals surface area (Å²) >= 11 is 0. The average molecular weight is 303 g/mol. The number of fused-ring (bicyclic) bond motifs is 1. The molecule has 3 unspecified atom stereocenters. The summed E-state index contributed by atoms with van der Waals surface area (Å²) in [6, 6.07) is -0.0677. The minimum atomic E-state index is -1.40. The Morgan fingerprint density at radius 1 is 1.14 bits per heavy atom. The highest BCUT2D eigenvalue weighted by Crippen LogP contribution is 2.52. The second-order valence-corrected chi connectivity index (χ2v) is 6.38. The summed E-state index contributed by atoms with van der Waals surface area (Å²) in [5, 5.41) is 2.68. The normalized spacial score (nSPS) is 30.5. The van der Waals surface area contributed by atoms with Gasteiger partial charge >= 0.3 is 0 Å². The first-order chi connectivity index (χ1) is 9.84. The van der Waals surface area contributed by atoms with Crippen molar-refractivity contribution in [3.8, 4) is 0 Å². The van der Waals surface area contributed by atoms with Gasteiger partial charge in [-0.05, 0) is 12.8 Å². The molecule has 2 fully saturated rings. The van der Waals surface area contributed by atoms with Crippen molar-refractivity contribution < 1.29 is 22.3 Å². The maximum absolute atomic E-state index is 13.8. The third kappa shape index (κ3) is 2.11. The van der Waals surface area contributed by atoms with Gasteiger partial charge in [-0.15, -0.1) is 0 Å². The molecule has 2 nitrogen and oxygen atoms in total. The minimum Gasteiger partial charge on any atom is -0.377 e. The number of ether oxygens (including phenoxy) is 1. The van der Waals surface area contributed by atoms with E-state index in [1.165, 1.54) is 0 Å². The molecule has 2 aliphatic rings. The molecule has 1 saturated heterocycles. The SMILES string of the molecule is CC1(C)C(Nc2c(F)c(F)cc(F)c2F)C2CCCOC21. The summed E-state index contributed by atoms with van der Waals surface area (Å²) in [5.74, 6) is -5.47. The summed E-state index contributed by atoms with van der Waals surface area (Å²) in [6.07, 6.45) is 1.75. The number of halogens is 4. The van der Waals surface area contributed by atoms with Gasteiger partial charge in [0.25, 0.3) is 0 Å². The number of rotatable bonds is 2. The van der Waals surface area contributed by atoms with Crippen molar-refractivity contribution >= 4 is 5.69 Å². The van der Waals surface area contributed by atoms with E-state index in [1.54, 1.807) is 0 Å². The van der Waals surface area contributed by atoms with Gasteiger partial charge < -0.3 is 10.1 Å². The molecule has 3 atom stereocenters. The zero-order valence-corrected chi connectivity index (χ0v) is 11.9. The van der Waals surface area contributed by atoms with Gasteiger partial charge in [0.15, 0.2) is 23.3 Å². The monoisotopic (exact) mass is 303 g/mol. The standard InChI is InChI=1S/C15H17F4NO/c1-15(2)13(7-4-3-5-21-14(7)15)20-12-10(18)8(16)6-9(17)11(12)19/h6-7,13-14,20H,3-5H2,1-2H3. The molecule has 21 heavy (non-hydrogen) atoms. The lowest BCUT2D eigenvalue weighted by Gasteiger charge is -2.60. The van der Waals surface area contributed by atoms with E-state index in [2.05, 4.69) is 5.32 Å². The fraction of sp³-hybridized carbons (Fsp3) is 0.600. The maximum atomic E-state index is 13.8. The summed E-state index contributed by atoms with van der Waals surface area (Å²) < 4.78 is 59.8. The Balaban J connectivity index is 1.90. The fourth-order valence-electron chi connectivity index (χ4n) is 3.67. The van der Waals surface area contributed by atoms with E-state index in [1.807, 2.05) is 13.8 Å². The lowest BCUT2D eigenvalue weighted by molar-refractivity contribution is -0.177. The van der Waals surface area contributed by atoms with Crippen LogP contribution < -0.4 is 5.32 Å². The van der Waals surface area contributed by atoms with Gasteiger partial charge in [-0.3, -0.25) is 0 Å². The van der Waals surface area contributed by atoms with Gasteiger partial charge in [-0.25, -0.2) is 17.6 Å². The molecule has 0 radical (unpaired) electrons. The van der Waals surface area contributed by atoms with Gasteiger partial charge in [0, 0.05) is 30.0 Å². The zero-order valence-electron chi connectivity index (χ0n) is 11.9. The molecule has 1 heterocycles. The van der Waals surface area contributed by atoms with Crippen LogP contribution in [-0.2, 0) is 4.74 Å². The second kappa shape index (κ2) is 4.87. The lowest BCUT2D eigenvalue weighted by Crippen LogP contribution is -2.67. The Morgan fingerprint density at radius 3 is 2.38 bits per heavy atom. The van der Waals surface area contributed by atoms with Crippen molar-refractivity contribution in [1.82, 2.24) is 0 Å². The van der Waals surface area contributed by atoms with Crippen molar-refractivity contribution in [2.45, 2.75) is 38.8 Å². The van der Waals surface area contributed by atoms with Crippen LogP contribution in [0.25, 0.3) is 0 Å². The minimum absolute atomic E-state index is 0.00767. The third-order valence-corrected chi connectivity index (χ3v) is 4.74. The molecule has 0 amide bonds. The Bertz CT molecular complexity index is 549. The van der Waals surface area contributed by atoms with Crippen molar-refractivity contribution in [3.05, 3.63) is 29.3 Å². The molecule has 0 aromatic heterocycles. The Hall–Kier alpha value is -1.30. The molecular formula is C15H17F4NO. The highest BCUT2D eigenvalue weighted by atomic mass is 19.2. The van der Waals surface area contributed by atoms with Crippen LogP contribution in [0.15, 0.2) is 6.07 Å². The largest absolute Gasteiger partial charge is 0.377 e. The number of hydrogen-bond acceptors (Lipinski definition) is 2. The van der Waals surface area contributed by atoms with E-state index < -0.39 is 29.0 Å². The van der Waals surface area contributed by atoms with E-state index in [0.717, 1.165) is 12.8 Å². The molecule has 1 aliphatic carbocycles. The topological polar surface area (TPSA) is 21.3 Å². The quantitative estimate of drug-likeness (QED) is 0.662. The van der Waals surface area contributed by atoms with Gasteiger partial charge in [0.2, 0.25) is 0 Å². The smallest absolute Gasteiger partial charge is 0.185 e. The molecule has 116 valence electrons. The van der Waals surface area contributed by atoms with Gasteiger partial charge in [0.1, 0.15) is 5.69 Å². The molecule has 0 spiro atoms. The Kier molecular flexibility index (Phi) is 3.39. The van der Waals surface area contributed by atoms with E-state index >= 15 is 0 Å². The van der Waals surface area contributed by atoms with Gasteiger partial charge in [0.05, 0.1) is 6.10 Å². The second-order valence-electron chi connectivity index (χ2n) is 6.38. The van der Waals surface area contributed by atoms with Crippen LogP contribution in [0, 0.1) is 34.6 Å². The van der Waals surface area contributed by atoms with Crippen LogP contribution in [0.2, 0.25) is 0 Å². The van der Waals surface area contributed by atoms with Crippen LogP contribution in [0.3, 0.4) is 0 Å². The highest BCUT2D eigenvalue weighted by molar-refractivity contribution is 5.49.